The highest BCUT2D eigenvalue weighted by molar-refractivity contribution is 7.92. The predicted molar refractivity (Wildman–Crippen MR) is 69.0 cm³/mol. The Bertz CT molecular complexity index is 806. The van der Waals surface area contributed by atoms with E-state index in [1.165, 1.54) is 6.07 Å². The van der Waals surface area contributed by atoms with Crippen LogP contribution in [0, 0.1) is 17.5 Å². The summed E-state index contributed by atoms with van der Waals surface area (Å²) >= 11 is 0. The maximum Gasteiger partial charge on any atom is 0.262 e. The van der Waals surface area contributed by atoms with Crippen molar-refractivity contribution in [3.63, 3.8) is 0 Å². The zero-order chi connectivity index (χ0) is 15.6. The van der Waals surface area contributed by atoms with Crippen LogP contribution in [0.5, 0.6) is 0 Å². The molecule has 0 saturated heterocycles. The van der Waals surface area contributed by atoms with Gasteiger partial charge in [0.25, 0.3) is 10.0 Å². The van der Waals surface area contributed by atoms with Crippen molar-refractivity contribution >= 4 is 22.0 Å². The Balaban J connectivity index is 2.44. The molecule has 0 saturated carbocycles. The summed E-state index contributed by atoms with van der Waals surface area (Å²) in [6, 6.07) is 5.63. The first-order chi connectivity index (χ1) is 9.85. The van der Waals surface area contributed by atoms with Crippen molar-refractivity contribution < 1.29 is 26.4 Å². The van der Waals surface area contributed by atoms with Crippen molar-refractivity contribution in [1.29, 1.82) is 0 Å². The SMILES string of the molecule is O=Cc1c(F)ccc(NS(=O)(=O)c2cccc(F)c2)c1F. The summed E-state index contributed by atoms with van der Waals surface area (Å²) < 4.78 is 65.7. The minimum absolute atomic E-state index is 0.0648. The molecule has 0 aromatic heterocycles. The molecule has 0 radical (unpaired) electrons. The van der Waals surface area contributed by atoms with E-state index in [1.807, 2.05) is 4.72 Å². The Morgan fingerprint density at radius 2 is 1.76 bits per heavy atom. The van der Waals surface area contributed by atoms with Gasteiger partial charge in [0.2, 0.25) is 0 Å². The molecule has 110 valence electrons. The normalized spacial score (nSPS) is 11.2. The van der Waals surface area contributed by atoms with Gasteiger partial charge in [0.05, 0.1) is 16.1 Å². The second-order valence-corrected chi connectivity index (χ2v) is 5.69. The molecule has 0 fully saturated rings. The van der Waals surface area contributed by atoms with Crippen LogP contribution < -0.4 is 4.72 Å². The van der Waals surface area contributed by atoms with Gasteiger partial charge in [-0.1, -0.05) is 6.07 Å². The standard InChI is InChI=1S/C13H8F3NO3S/c14-8-2-1-3-9(6-8)21(19,20)17-12-5-4-11(15)10(7-18)13(12)16/h1-7,17H. The number of aldehydes is 1. The smallest absolute Gasteiger partial charge is 0.262 e. The number of halogens is 3. The maximum atomic E-state index is 13.8. The Labute approximate surface area is 118 Å². The van der Waals surface area contributed by atoms with Crippen LogP contribution in [0.1, 0.15) is 10.4 Å². The van der Waals surface area contributed by atoms with Gasteiger partial charge >= 0.3 is 0 Å². The zero-order valence-electron chi connectivity index (χ0n) is 10.3. The van der Waals surface area contributed by atoms with Gasteiger partial charge in [-0.2, -0.15) is 0 Å². The quantitative estimate of drug-likeness (QED) is 0.882. The molecular weight excluding hydrogens is 307 g/mol. The molecular formula is C13H8F3NO3S. The van der Waals surface area contributed by atoms with Crippen LogP contribution in [0.25, 0.3) is 0 Å². The number of hydrogen-bond donors (Lipinski definition) is 1. The molecule has 21 heavy (non-hydrogen) atoms. The van der Waals surface area contributed by atoms with E-state index in [1.54, 1.807) is 0 Å². The van der Waals surface area contributed by atoms with Crippen LogP contribution in [0.15, 0.2) is 41.3 Å². The summed E-state index contributed by atoms with van der Waals surface area (Å²) in [5.74, 6) is -3.24. The Morgan fingerprint density at radius 1 is 1.05 bits per heavy atom. The molecule has 0 aliphatic rings. The van der Waals surface area contributed by atoms with Gasteiger partial charge in [-0.3, -0.25) is 9.52 Å². The fourth-order valence-electron chi connectivity index (χ4n) is 1.59. The number of benzene rings is 2. The third-order valence-electron chi connectivity index (χ3n) is 2.60. The maximum absolute atomic E-state index is 13.8. The van der Waals surface area contributed by atoms with E-state index >= 15 is 0 Å². The minimum Gasteiger partial charge on any atom is -0.298 e. The highest BCUT2D eigenvalue weighted by Crippen LogP contribution is 2.23. The largest absolute Gasteiger partial charge is 0.298 e. The van der Waals surface area contributed by atoms with Crippen LogP contribution in [0.4, 0.5) is 18.9 Å². The van der Waals surface area contributed by atoms with Crippen LogP contribution in [-0.4, -0.2) is 14.7 Å². The third kappa shape index (κ3) is 3.05. The summed E-state index contributed by atoms with van der Waals surface area (Å²) in [5.41, 5.74) is -1.50. The van der Waals surface area contributed by atoms with Crippen molar-refractivity contribution in [2.75, 3.05) is 4.72 Å². The number of carbonyl (C=O) groups is 1. The average molecular weight is 315 g/mol. The van der Waals surface area contributed by atoms with Gasteiger partial charge in [-0.25, -0.2) is 21.6 Å². The number of nitrogens with one attached hydrogen (secondary N) is 1. The lowest BCUT2D eigenvalue weighted by Gasteiger charge is -2.10. The first kappa shape index (κ1) is 15.0. The van der Waals surface area contributed by atoms with Crippen molar-refractivity contribution in [1.82, 2.24) is 0 Å². The van der Waals surface area contributed by atoms with E-state index in [9.17, 15) is 26.4 Å². The number of rotatable bonds is 4. The van der Waals surface area contributed by atoms with E-state index in [4.69, 9.17) is 0 Å². The van der Waals surface area contributed by atoms with Gasteiger partial charge in [-0.15, -0.1) is 0 Å². The fourth-order valence-corrected chi connectivity index (χ4v) is 2.68. The van der Waals surface area contributed by atoms with Gasteiger partial charge in [0, 0.05) is 0 Å². The second-order valence-electron chi connectivity index (χ2n) is 4.00. The predicted octanol–water partition coefficient (Wildman–Crippen LogP) is 2.72. The molecule has 0 bridgehead atoms. The number of sulfonamides is 1. The van der Waals surface area contributed by atoms with Crippen molar-refractivity contribution in [3.05, 3.63) is 59.4 Å². The summed E-state index contributed by atoms with van der Waals surface area (Å²) in [6.45, 7) is 0. The Kier molecular flexibility index (Phi) is 3.99. The minimum atomic E-state index is -4.26. The van der Waals surface area contributed by atoms with E-state index in [2.05, 4.69) is 0 Å². The molecule has 0 atom stereocenters. The number of carbonyl (C=O) groups excluding carboxylic acids is 1. The molecule has 1 N–H and O–H groups in total. The monoisotopic (exact) mass is 315 g/mol. The lowest BCUT2D eigenvalue weighted by Crippen LogP contribution is -2.15. The Hall–Kier alpha value is -2.35. The first-order valence-electron chi connectivity index (χ1n) is 5.56. The lowest BCUT2D eigenvalue weighted by molar-refractivity contribution is 0.111. The van der Waals surface area contributed by atoms with Crippen molar-refractivity contribution in [3.8, 4) is 0 Å². The van der Waals surface area contributed by atoms with Gasteiger partial charge in [0.1, 0.15) is 11.6 Å². The van der Waals surface area contributed by atoms with E-state index in [0.29, 0.717) is 0 Å². The van der Waals surface area contributed by atoms with E-state index in [-0.39, 0.29) is 6.29 Å². The number of hydrogen-bond acceptors (Lipinski definition) is 3. The first-order valence-corrected chi connectivity index (χ1v) is 7.05. The molecule has 0 aliphatic heterocycles. The van der Waals surface area contributed by atoms with Crippen LogP contribution >= 0.6 is 0 Å². The molecule has 2 aromatic rings. The van der Waals surface area contributed by atoms with E-state index < -0.39 is 43.6 Å². The van der Waals surface area contributed by atoms with Crippen LogP contribution in [0.2, 0.25) is 0 Å². The summed E-state index contributed by atoms with van der Waals surface area (Å²) in [4.78, 5) is 10.1. The van der Waals surface area contributed by atoms with E-state index in [0.717, 1.165) is 30.3 Å². The second kappa shape index (κ2) is 5.57. The topological polar surface area (TPSA) is 63.2 Å². The van der Waals surface area contributed by atoms with Gasteiger partial charge < -0.3 is 0 Å². The molecule has 0 heterocycles. The molecule has 0 spiro atoms. The fraction of sp³-hybridized carbons (Fsp3) is 0. The Morgan fingerprint density at radius 3 is 2.38 bits per heavy atom. The van der Waals surface area contributed by atoms with Gasteiger partial charge in [0.15, 0.2) is 12.1 Å². The lowest BCUT2D eigenvalue weighted by atomic mass is 10.2. The molecule has 0 unspecified atom stereocenters. The van der Waals surface area contributed by atoms with Crippen LogP contribution in [0.3, 0.4) is 0 Å². The highest BCUT2D eigenvalue weighted by Gasteiger charge is 2.20. The van der Waals surface area contributed by atoms with Crippen molar-refractivity contribution in [2.45, 2.75) is 4.90 Å². The highest BCUT2D eigenvalue weighted by atomic mass is 32.2. The van der Waals surface area contributed by atoms with Gasteiger partial charge in [-0.05, 0) is 30.3 Å². The summed E-state index contributed by atoms with van der Waals surface area (Å²) in [6.07, 6.45) is -0.0648. The molecule has 0 amide bonds. The summed E-state index contributed by atoms with van der Waals surface area (Å²) in [5, 5.41) is 0. The summed E-state index contributed by atoms with van der Waals surface area (Å²) in [7, 11) is -4.26. The molecule has 0 aliphatic carbocycles. The van der Waals surface area contributed by atoms with Crippen molar-refractivity contribution in [2.24, 2.45) is 0 Å². The third-order valence-corrected chi connectivity index (χ3v) is 3.96. The average Bonchev–Trinajstić information content (AvgIpc) is 2.43. The molecule has 2 rings (SSSR count). The molecule has 2 aromatic carbocycles. The zero-order valence-corrected chi connectivity index (χ0v) is 11.1. The molecule has 4 nitrogen and oxygen atoms in total. The molecule has 8 heteroatoms. The number of anilines is 1. The van der Waals surface area contributed by atoms with Crippen LogP contribution in [-0.2, 0) is 10.0 Å².